The molecule has 48 valence electrons. The standard InChI is InChI=1S/C4H5NO2.Cu/c6-3-1-2-4(7)5-3;/h1-2H2,(H,5,6,7);/q;+1/p-1. The summed E-state index contributed by atoms with van der Waals surface area (Å²) in [5.74, 6) is -0.546. The van der Waals surface area contributed by atoms with Crippen LogP contribution in [0.5, 0.6) is 0 Å². The molecule has 2 amide bonds. The van der Waals surface area contributed by atoms with Gasteiger partial charge in [0.15, 0.2) is 0 Å². The average molecular weight is 162 g/mol. The largest absolute Gasteiger partial charge is 1.00 e. The zero-order valence-electron chi connectivity index (χ0n) is 3.98. The number of hydrogen-bond acceptors (Lipinski definition) is 2. The monoisotopic (exact) mass is 161 g/mol. The van der Waals surface area contributed by atoms with Crippen LogP contribution in [0.2, 0.25) is 0 Å². The van der Waals surface area contributed by atoms with Gasteiger partial charge in [-0.3, -0.25) is 0 Å². The summed E-state index contributed by atoms with van der Waals surface area (Å²) in [5, 5.41) is 3.11. The molecular formula is C4H4CuNO2. The molecule has 0 bridgehead atoms. The number of hydrogen-bond donors (Lipinski definition) is 0. The summed E-state index contributed by atoms with van der Waals surface area (Å²) in [7, 11) is 0. The predicted molar refractivity (Wildman–Crippen MR) is 22.6 cm³/mol. The molecule has 8 heavy (non-hydrogen) atoms. The van der Waals surface area contributed by atoms with E-state index in [1.807, 2.05) is 0 Å². The van der Waals surface area contributed by atoms with Gasteiger partial charge in [0, 0.05) is 0 Å². The van der Waals surface area contributed by atoms with E-state index >= 15 is 0 Å². The second kappa shape index (κ2) is 2.84. The third-order valence-corrected chi connectivity index (χ3v) is 0.802. The molecule has 0 aromatic rings. The van der Waals surface area contributed by atoms with Crippen LogP contribution in [0.3, 0.4) is 0 Å². The van der Waals surface area contributed by atoms with Crippen molar-refractivity contribution >= 4 is 11.8 Å². The molecular weight excluding hydrogens is 158 g/mol. The van der Waals surface area contributed by atoms with Crippen molar-refractivity contribution in [1.29, 1.82) is 0 Å². The van der Waals surface area contributed by atoms with Gasteiger partial charge in [-0.25, -0.2) is 0 Å². The molecule has 0 aromatic carbocycles. The quantitative estimate of drug-likeness (QED) is 0.377. The van der Waals surface area contributed by atoms with Gasteiger partial charge < -0.3 is 14.9 Å². The summed E-state index contributed by atoms with van der Waals surface area (Å²) in [6.45, 7) is 0. The maximum Gasteiger partial charge on any atom is 1.00 e. The van der Waals surface area contributed by atoms with Crippen molar-refractivity contribution in [2.45, 2.75) is 12.8 Å². The first-order chi connectivity index (χ1) is 3.29. The fourth-order valence-corrected chi connectivity index (χ4v) is 0.465. The van der Waals surface area contributed by atoms with Gasteiger partial charge in [-0.2, -0.15) is 0 Å². The fraction of sp³-hybridized carbons (Fsp3) is 0.500. The molecule has 0 saturated carbocycles. The van der Waals surface area contributed by atoms with Crippen LogP contribution in [0.1, 0.15) is 12.8 Å². The van der Waals surface area contributed by atoms with Gasteiger partial charge in [-0.1, -0.05) is 0 Å². The first kappa shape index (κ1) is 7.66. The topological polar surface area (TPSA) is 48.2 Å². The first-order valence-electron chi connectivity index (χ1n) is 2.06. The van der Waals surface area contributed by atoms with Crippen molar-refractivity contribution in [1.82, 2.24) is 0 Å². The van der Waals surface area contributed by atoms with Crippen LogP contribution in [-0.4, -0.2) is 11.8 Å². The van der Waals surface area contributed by atoms with Crippen molar-refractivity contribution in [3.63, 3.8) is 0 Å². The van der Waals surface area contributed by atoms with E-state index in [9.17, 15) is 9.59 Å². The van der Waals surface area contributed by atoms with Crippen molar-refractivity contribution in [2.75, 3.05) is 0 Å². The van der Waals surface area contributed by atoms with Crippen molar-refractivity contribution in [2.24, 2.45) is 0 Å². The zero-order valence-corrected chi connectivity index (χ0v) is 4.92. The molecule has 0 aromatic heterocycles. The Bertz CT molecular complexity index is 109. The van der Waals surface area contributed by atoms with Crippen LogP contribution >= 0.6 is 0 Å². The number of carbonyl (C=O) groups excluding carboxylic acids is 2. The van der Waals surface area contributed by atoms with Crippen LogP contribution in [0.15, 0.2) is 0 Å². The molecule has 1 aliphatic heterocycles. The number of imide groups is 1. The number of amides is 2. The number of rotatable bonds is 0. The summed E-state index contributed by atoms with van der Waals surface area (Å²) in [5.41, 5.74) is 0. The Morgan fingerprint density at radius 2 is 1.50 bits per heavy atom. The van der Waals surface area contributed by atoms with Crippen LogP contribution in [0.4, 0.5) is 0 Å². The Labute approximate surface area is 57.3 Å². The van der Waals surface area contributed by atoms with E-state index in [4.69, 9.17) is 0 Å². The molecule has 0 spiro atoms. The Balaban J connectivity index is 0.000000490. The second-order valence-electron chi connectivity index (χ2n) is 1.40. The third-order valence-electron chi connectivity index (χ3n) is 0.802. The van der Waals surface area contributed by atoms with E-state index in [2.05, 4.69) is 5.32 Å². The normalized spacial score (nSPS) is 17.5. The summed E-state index contributed by atoms with van der Waals surface area (Å²) in [6.07, 6.45) is 0.637. The van der Waals surface area contributed by atoms with Crippen molar-refractivity contribution in [3.05, 3.63) is 5.32 Å². The average Bonchev–Trinajstić information content (AvgIpc) is 1.87. The van der Waals surface area contributed by atoms with Gasteiger partial charge in [0.1, 0.15) is 0 Å². The molecule has 3 nitrogen and oxygen atoms in total. The minimum atomic E-state index is -0.273. The summed E-state index contributed by atoms with van der Waals surface area (Å²) >= 11 is 0. The van der Waals surface area contributed by atoms with Gasteiger partial charge in [0.25, 0.3) is 0 Å². The van der Waals surface area contributed by atoms with E-state index in [1.165, 1.54) is 0 Å². The first-order valence-corrected chi connectivity index (χ1v) is 2.06. The molecule has 0 aliphatic carbocycles. The van der Waals surface area contributed by atoms with E-state index in [0.717, 1.165) is 0 Å². The van der Waals surface area contributed by atoms with Gasteiger partial charge in [0.2, 0.25) is 0 Å². The molecule has 4 heteroatoms. The molecule has 1 aliphatic rings. The SMILES string of the molecule is O=C1CCC(=O)[N-]1.[Cu+]. The zero-order chi connectivity index (χ0) is 5.28. The van der Waals surface area contributed by atoms with Crippen molar-refractivity contribution in [3.8, 4) is 0 Å². The molecule has 0 unspecified atom stereocenters. The summed E-state index contributed by atoms with van der Waals surface area (Å²) in [6, 6.07) is 0. The summed E-state index contributed by atoms with van der Waals surface area (Å²) in [4.78, 5) is 20.1. The number of nitrogens with zero attached hydrogens (tertiary/aromatic N) is 1. The maximum atomic E-state index is 10.1. The van der Waals surface area contributed by atoms with E-state index in [1.54, 1.807) is 0 Å². The Hall–Kier alpha value is -0.341. The smallest absolute Gasteiger partial charge is 0.596 e. The Kier molecular flexibility index (Phi) is 2.72. The van der Waals surface area contributed by atoms with Crippen molar-refractivity contribution < 1.29 is 26.7 Å². The Morgan fingerprint density at radius 3 is 1.62 bits per heavy atom. The number of carbonyl (C=O) groups is 2. The molecule has 0 atom stereocenters. The van der Waals surface area contributed by atoms with E-state index < -0.39 is 0 Å². The third kappa shape index (κ3) is 1.64. The molecule has 1 saturated heterocycles. The minimum absolute atomic E-state index is 0. The predicted octanol–water partition coefficient (Wildman–Crippen LogP) is 0.205. The fourth-order valence-electron chi connectivity index (χ4n) is 0.465. The van der Waals surface area contributed by atoms with Crippen LogP contribution in [-0.2, 0) is 26.7 Å². The summed E-state index contributed by atoms with van der Waals surface area (Å²) < 4.78 is 0. The molecule has 1 heterocycles. The molecule has 0 radical (unpaired) electrons. The van der Waals surface area contributed by atoms with E-state index in [0.29, 0.717) is 12.8 Å². The molecule has 1 fully saturated rings. The van der Waals surface area contributed by atoms with Crippen LogP contribution < -0.4 is 0 Å². The second-order valence-corrected chi connectivity index (χ2v) is 1.40. The Morgan fingerprint density at radius 1 is 1.12 bits per heavy atom. The van der Waals surface area contributed by atoms with E-state index in [-0.39, 0.29) is 28.9 Å². The van der Waals surface area contributed by atoms with Crippen LogP contribution in [0.25, 0.3) is 5.32 Å². The van der Waals surface area contributed by atoms with Crippen LogP contribution in [0, 0.1) is 0 Å². The van der Waals surface area contributed by atoms with Gasteiger partial charge >= 0.3 is 17.1 Å². The molecule has 0 N–H and O–H groups in total. The minimum Gasteiger partial charge on any atom is -0.596 e. The van der Waals surface area contributed by atoms with Gasteiger partial charge in [0.05, 0.1) is 11.8 Å². The molecule has 1 rings (SSSR count). The van der Waals surface area contributed by atoms with Gasteiger partial charge in [-0.15, -0.1) is 0 Å². The van der Waals surface area contributed by atoms with Gasteiger partial charge in [-0.05, 0) is 12.8 Å². The maximum absolute atomic E-state index is 10.1.